The van der Waals surface area contributed by atoms with Gasteiger partial charge in [0.1, 0.15) is 5.78 Å². The second-order valence-corrected chi connectivity index (χ2v) is 7.42. The maximum atomic E-state index is 11.8. The van der Waals surface area contributed by atoms with Crippen LogP contribution < -0.4 is 0 Å². The number of hydrogen-bond acceptors (Lipinski definition) is 10. The van der Waals surface area contributed by atoms with E-state index in [2.05, 4.69) is 0 Å². The molecule has 0 fully saturated rings. The van der Waals surface area contributed by atoms with Crippen molar-refractivity contribution in [1.82, 2.24) is 4.90 Å². The zero-order valence-corrected chi connectivity index (χ0v) is 20.9. The van der Waals surface area contributed by atoms with E-state index in [1.807, 2.05) is 6.92 Å². The van der Waals surface area contributed by atoms with Crippen LogP contribution in [0.2, 0.25) is 0 Å². The van der Waals surface area contributed by atoms with Crippen LogP contribution in [0.3, 0.4) is 0 Å². The minimum Gasteiger partial charge on any atom is -0.379 e. The second-order valence-electron chi connectivity index (χ2n) is 7.42. The van der Waals surface area contributed by atoms with Gasteiger partial charge in [-0.25, -0.2) is 0 Å². The molecule has 0 unspecified atom stereocenters. The lowest BCUT2D eigenvalue weighted by atomic mass is 10.1. The molecule has 11 nitrogen and oxygen atoms in total. The Kier molecular flexibility index (Phi) is 20.3. The highest BCUT2D eigenvalue weighted by atomic mass is 16.6. The van der Waals surface area contributed by atoms with Crippen molar-refractivity contribution in [2.24, 2.45) is 0 Å². The molecule has 0 radical (unpaired) electrons. The maximum Gasteiger partial charge on any atom is 0.253 e. The summed E-state index contributed by atoms with van der Waals surface area (Å²) in [7, 11) is 0. The molecule has 0 aromatic rings. The van der Waals surface area contributed by atoms with Crippen molar-refractivity contribution < 1.29 is 47.5 Å². The van der Waals surface area contributed by atoms with Crippen molar-refractivity contribution in [1.29, 1.82) is 0 Å². The number of nitrogens with zero attached hydrogens (tertiary/aromatic N) is 1. The highest BCUT2D eigenvalue weighted by molar-refractivity contribution is 6.13. The first kappa shape index (κ1) is 31.3. The first-order valence-electron chi connectivity index (χ1n) is 12.2. The number of Topliss-reactive ketones (excluding diaryl/α,β-unsaturated/α-hetero) is 1. The molecule has 35 heavy (non-hydrogen) atoms. The van der Waals surface area contributed by atoms with Gasteiger partial charge in [0, 0.05) is 44.8 Å². The van der Waals surface area contributed by atoms with Gasteiger partial charge in [-0.3, -0.25) is 19.3 Å². The molecule has 1 rings (SSSR count). The Bertz CT molecular complexity index is 581. The van der Waals surface area contributed by atoms with Crippen LogP contribution in [0.25, 0.3) is 0 Å². The fourth-order valence-electron chi connectivity index (χ4n) is 2.85. The van der Waals surface area contributed by atoms with E-state index in [1.165, 1.54) is 12.2 Å². The number of carbonyl (C=O) groups excluding carboxylic acids is 3. The number of imide groups is 1. The predicted octanol–water partition coefficient (Wildman–Crippen LogP) is 0.787. The topological polar surface area (TPSA) is 119 Å². The van der Waals surface area contributed by atoms with Gasteiger partial charge in [0.25, 0.3) is 11.8 Å². The highest BCUT2D eigenvalue weighted by Crippen LogP contribution is 2.06. The Morgan fingerprint density at radius 3 is 1.37 bits per heavy atom. The number of rotatable bonds is 26. The van der Waals surface area contributed by atoms with Crippen molar-refractivity contribution in [3.05, 3.63) is 12.2 Å². The molecule has 0 aromatic carbocycles. The number of amides is 2. The van der Waals surface area contributed by atoms with E-state index in [0.717, 1.165) is 4.90 Å². The van der Waals surface area contributed by atoms with Crippen LogP contribution >= 0.6 is 0 Å². The first-order chi connectivity index (χ1) is 17.1. The van der Waals surface area contributed by atoms with Crippen LogP contribution in [0.15, 0.2) is 12.2 Å². The van der Waals surface area contributed by atoms with Crippen molar-refractivity contribution in [3.63, 3.8) is 0 Å². The smallest absolute Gasteiger partial charge is 0.253 e. The van der Waals surface area contributed by atoms with Crippen molar-refractivity contribution in [2.45, 2.75) is 26.2 Å². The van der Waals surface area contributed by atoms with Gasteiger partial charge >= 0.3 is 0 Å². The maximum absolute atomic E-state index is 11.8. The van der Waals surface area contributed by atoms with E-state index in [0.29, 0.717) is 105 Å². The lowest BCUT2D eigenvalue weighted by molar-refractivity contribution is -0.137. The Hall–Kier alpha value is -1.73. The average molecular weight is 504 g/mol. The number of carbonyl (C=O) groups is 3. The van der Waals surface area contributed by atoms with Crippen molar-refractivity contribution >= 4 is 17.6 Å². The molecule has 0 aliphatic carbocycles. The lowest BCUT2D eigenvalue weighted by Crippen LogP contribution is -2.32. The van der Waals surface area contributed by atoms with E-state index in [4.69, 9.17) is 33.2 Å². The molecule has 1 aliphatic rings. The zero-order valence-electron chi connectivity index (χ0n) is 20.9. The highest BCUT2D eigenvalue weighted by Gasteiger charge is 2.23. The SMILES string of the molecule is CCOCCOCCOCCOCCOCCOCCOCCCC(=O)CCN1C(=O)C=CC1=O. The minimum absolute atomic E-state index is 0.00434. The van der Waals surface area contributed by atoms with Crippen LogP contribution in [0.1, 0.15) is 26.2 Å². The van der Waals surface area contributed by atoms with E-state index >= 15 is 0 Å². The minimum atomic E-state index is -0.363. The Balaban J connectivity index is 1.71. The molecule has 0 N–H and O–H groups in total. The van der Waals surface area contributed by atoms with Crippen LogP contribution in [0.4, 0.5) is 0 Å². The Morgan fingerprint density at radius 1 is 0.600 bits per heavy atom. The predicted molar refractivity (Wildman–Crippen MR) is 126 cm³/mol. The first-order valence-corrected chi connectivity index (χ1v) is 12.2. The molecule has 0 saturated carbocycles. The van der Waals surface area contributed by atoms with Crippen LogP contribution in [-0.4, -0.2) is 122 Å². The van der Waals surface area contributed by atoms with E-state index < -0.39 is 0 Å². The fraction of sp³-hybridized carbons (Fsp3) is 0.792. The lowest BCUT2D eigenvalue weighted by Gasteiger charge is -2.12. The van der Waals surface area contributed by atoms with Crippen molar-refractivity contribution in [2.75, 3.05) is 99.0 Å². The third-order valence-electron chi connectivity index (χ3n) is 4.70. The summed E-state index contributed by atoms with van der Waals surface area (Å²) in [5.41, 5.74) is 0. The molecule has 0 atom stereocenters. The molecule has 0 saturated heterocycles. The van der Waals surface area contributed by atoms with Crippen LogP contribution in [-0.2, 0) is 47.5 Å². The monoisotopic (exact) mass is 503 g/mol. The van der Waals surface area contributed by atoms with E-state index in [-0.39, 0.29) is 30.6 Å². The molecule has 0 spiro atoms. The van der Waals surface area contributed by atoms with Gasteiger partial charge in [-0.1, -0.05) is 0 Å². The molecule has 202 valence electrons. The molecule has 11 heteroatoms. The normalized spacial score (nSPS) is 13.3. The summed E-state index contributed by atoms with van der Waals surface area (Å²) in [4.78, 5) is 35.7. The van der Waals surface area contributed by atoms with E-state index in [9.17, 15) is 14.4 Å². The molecular formula is C24H41NO10. The number of ketones is 1. The van der Waals surface area contributed by atoms with Gasteiger partial charge in [0.15, 0.2) is 0 Å². The largest absolute Gasteiger partial charge is 0.379 e. The summed E-state index contributed by atoms with van der Waals surface area (Å²) in [6.45, 7) is 9.37. The average Bonchev–Trinajstić information content (AvgIpc) is 3.17. The standard InChI is InChI=1S/C24H41NO10/c1-2-29-10-11-31-14-15-33-18-19-35-21-20-34-17-16-32-13-12-30-9-3-4-22(26)7-8-25-23(27)5-6-24(25)28/h5-6H,2-4,7-21H2,1H3. The summed E-state index contributed by atoms with van der Waals surface area (Å²) >= 11 is 0. The Morgan fingerprint density at radius 2 is 0.971 bits per heavy atom. The van der Waals surface area contributed by atoms with Gasteiger partial charge in [0.05, 0.1) is 79.3 Å². The zero-order chi connectivity index (χ0) is 25.4. The van der Waals surface area contributed by atoms with Crippen molar-refractivity contribution in [3.8, 4) is 0 Å². The Labute approximate surface area is 207 Å². The number of ether oxygens (including phenoxy) is 7. The quantitative estimate of drug-likeness (QED) is 0.124. The second kappa shape index (κ2) is 22.7. The summed E-state index contributed by atoms with van der Waals surface area (Å²) < 4.78 is 37.6. The summed E-state index contributed by atoms with van der Waals surface area (Å²) in [6, 6.07) is 0. The van der Waals surface area contributed by atoms with E-state index in [1.54, 1.807) is 0 Å². The number of hydrogen-bond donors (Lipinski definition) is 0. The summed E-state index contributed by atoms with van der Waals surface area (Å²) in [5, 5.41) is 0. The van der Waals surface area contributed by atoms with Crippen LogP contribution in [0.5, 0.6) is 0 Å². The summed E-state index contributed by atoms with van der Waals surface area (Å²) in [5.74, 6) is -0.722. The molecule has 1 heterocycles. The van der Waals surface area contributed by atoms with Crippen LogP contribution in [0, 0.1) is 0 Å². The molecule has 0 bridgehead atoms. The molecule has 0 aromatic heterocycles. The van der Waals surface area contributed by atoms with Gasteiger partial charge in [-0.2, -0.15) is 0 Å². The van der Waals surface area contributed by atoms with Gasteiger partial charge < -0.3 is 33.2 Å². The molecule has 1 aliphatic heterocycles. The molecular weight excluding hydrogens is 462 g/mol. The van der Waals surface area contributed by atoms with Gasteiger partial charge in [0.2, 0.25) is 0 Å². The fourth-order valence-corrected chi connectivity index (χ4v) is 2.85. The third kappa shape index (κ3) is 18.2. The summed E-state index contributed by atoms with van der Waals surface area (Å²) in [6.07, 6.45) is 3.55. The third-order valence-corrected chi connectivity index (χ3v) is 4.70. The van der Waals surface area contributed by atoms with Gasteiger partial charge in [-0.05, 0) is 13.3 Å². The molecule has 2 amide bonds. The van der Waals surface area contributed by atoms with Gasteiger partial charge in [-0.15, -0.1) is 0 Å².